The van der Waals surface area contributed by atoms with Gasteiger partial charge in [-0.15, -0.1) is 0 Å². The smallest absolute Gasteiger partial charge is 0.256 e. The largest absolute Gasteiger partial charge is 0.305 e. The Hall–Kier alpha value is -3.34. The van der Waals surface area contributed by atoms with Gasteiger partial charge in [-0.05, 0) is 56.3 Å². The molecule has 26 heavy (non-hydrogen) atoms. The van der Waals surface area contributed by atoms with Gasteiger partial charge >= 0.3 is 0 Å². The summed E-state index contributed by atoms with van der Waals surface area (Å²) >= 11 is 0. The lowest BCUT2D eigenvalue weighted by Gasteiger charge is -2.10. The molecular formula is C21H18FN3O. The molecule has 0 bridgehead atoms. The van der Waals surface area contributed by atoms with E-state index in [2.05, 4.69) is 15.3 Å². The minimum atomic E-state index is -0.307. The van der Waals surface area contributed by atoms with Crippen molar-refractivity contribution in [3.05, 3.63) is 83.4 Å². The van der Waals surface area contributed by atoms with Gasteiger partial charge in [-0.2, -0.15) is 0 Å². The first-order valence-electron chi connectivity index (χ1n) is 8.17. The predicted molar refractivity (Wildman–Crippen MR) is 101 cm³/mol. The molecule has 1 amide bonds. The molecule has 3 aromatic rings. The third-order valence-electron chi connectivity index (χ3n) is 3.63. The van der Waals surface area contributed by atoms with Crippen LogP contribution in [0.3, 0.4) is 0 Å². The second kappa shape index (κ2) is 7.70. The normalized spacial score (nSPS) is 10.3. The van der Waals surface area contributed by atoms with E-state index in [4.69, 9.17) is 0 Å². The monoisotopic (exact) mass is 347 g/mol. The van der Waals surface area contributed by atoms with Crippen LogP contribution in [0, 0.1) is 5.82 Å². The summed E-state index contributed by atoms with van der Waals surface area (Å²) in [4.78, 5) is 21.3. The van der Waals surface area contributed by atoms with Crippen molar-refractivity contribution in [2.45, 2.75) is 13.8 Å². The number of nitrogens with zero attached hydrogens (tertiary/aromatic N) is 2. The molecule has 1 N–H and O–H groups in total. The Morgan fingerprint density at radius 1 is 1.04 bits per heavy atom. The van der Waals surface area contributed by atoms with Crippen LogP contribution in [0.4, 0.5) is 10.2 Å². The summed E-state index contributed by atoms with van der Waals surface area (Å²) in [6, 6.07) is 15.0. The fourth-order valence-corrected chi connectivity index (χ4v) is 2.40. The van der Waals surface area contributed by atoms with Crippen molar-refractivity contribution < 1.29 is 9.18 Å². The third-order valence-corrected chi connectivity index (χ3v) is 3.63. The Morgan fingerprint density at radius 2 is 1.73 bits per heavy atom. The molecule has 0 aliphatic rings. The van der Waals surface area contributed by atoms with E-state index in [0.717, 1.165) is 11.1 Å². The first kappa shape index (κ1) is 17.5. The van der Waals surface area contributed by atoms with Crippen molar-refractivity contribution in [1.82, 2.24) is 9.97 Å². The summed E-state index contributed by atoms with van der Waals surface area (Å²) in [5, 5.41) is 2.80. The number of halogens is 1. The average molecular weight is 347 g/mol. The highest BCUT2D eigenvalue weighted by atomic mass is 19.1. The van der Waals surface area contributed by atoms with Gasteiger partial charge in [-0.25, -0.2) is 14.4 Å². The van der Waals surface area contributed by atoms with Gasteiger partial charge in [-0.1, -0.05) is 23.8 Å². The number of carbonyl (C=O) groups is 1. The maximum absolute atomic E-state index is 13.1. The zero-order chi connectivity index (χ0) is 18.5. The fraction of sp³-hybridized carbons (Fsp3) is 0.0952. The van der Waals surface area contributed by atoms with Crippen LogP contribution in [-0.4, -0.2) is 15.9 Å². The number of carbonyl (C=O) groups excluding carboxylic acids is 1. The van der Waals surface area contributed by atoms with Crippen molar-refractivity contribution in [2.24, 2.45) is 0 Å². The zero-order valence-electron chi connectivity index (χ0n) is 14.5. The lowest BCUT2D eigenvalue weighted by Crippen LogP contribution is -2.14. The SMILES string of the molecule is CC(C)=Cc1nc(-c2ccc(F)cc2)cnc1NC(=O)c1ccccc1. The molecule has 0 saturated carbocycles. The Bertz CT molecular complexity index is 947. The van der Waals surface area contributed by atoms with E-state index in [1.165, 1.54) is 12.1 Å². The average Bonchev–Trinajstić information content (AvgIpc) is 2.64. The summed E-state index contributed by atoms with van der Waals surface area (Å²) in [7, 11) is 0. The number of benzene rings is 2. The van der Waals surface area contributed by atoms with Gasteiger partial charge in [0.2, 0.25) is 0 Å². The van der Waals surface area contributed by atoms with Gasteiger partial charge in [0.1, 0.15) is 11.5 Å². The van der Waals surface area contributed by atoms with E-state index < -0.39 is 0 Å². The molecule has 0 aliphatic heterocycles. The van der Waals surface area contributed by atoms with Crippen molar-refractivity contribution in [3.63, 3.8) is 0 Å². The minimum absolute atomic E-state index is 0.252. The fourth-order valence-electron chi connectivity index (χ4n) is 2.40. The van der Waals surface area contributed by atoms with Crippen LogP contribution in [0.25, 0.3) is 17.3 Å². The molecule has 0 radical (unpaired) electrons. The highest BCUT2D eigenvalue weighted by Gasteiger charge is 2.12. The topological polar surface area (TPSA) is 54.9 Å². The minimum Gasteiger partial charge on any atom is -0.305 e. The molecule has 5 heteroatoms. The highest BCUT2D eigenvalue weighted by Crippen LogP contribution is 2.22. The lowest BCUT2D eigenvalue weighted by molar-refractivity contribution is 0.102. The molecule has 0 spiro atoms. The Morgan fingerprint density at radius 3 is 2.38 bits per heavy atom. The quantitative estimate of drug-likeness (QED) is 0.726. The number of anilines is 1. The number of allylic oxidation sites excluding steroid dienone is 1. The molecule has 0 saturated heterocycles. The molecule has 0 atom stereocenters. The number of hydrogen-bond acceptors (Lipinski definition) is 3. The van der Waals surface area contributed by atoms with Crippen molar-refractivity contribution in [2.75, 3.05) is 5.32 Å². The van der Waals surface area contributed by atoms with Gasteiger partial charge in [0.05, 0.1) is 11.9 Å². The Labute approximate surface area is 151 Å². The maximum atomic E-state index is 13.1. The zero-order valence-corrected chi connectivity index (χ0v) is 14.5. The summed E-state index contributed by atoms with van der Waals surface area (Å²) in [5.41, 5.74) is 3.47. The second-order valence-electron chi connectivity index (χ2n) is 6.04. The van der Waals surface area contributed by atoms with Crippen LogP contribution in [0.5, 0.6) is 0 Å². The van der Waals surface area contributed by atoms with Gasteiger partial charge in [-0.3, -0.25) is 4.79 Å². The van der Waals surface area contributed by atoms with Crippen LogP contribution in [0.15, 0.2) is 66.4 Å². The molecular weight excluding hydrogens is 329 g/mol. The van der Waals surface area contributed by atoms with Crippen LogP contribution in [0.2, 0.25) is 0 Å². The number of aromatic nitrogens is 2. The van der Waals surface area contributed by atoms with Gasteiger partial charge < -0.3 is 5.32 Å². The molecule has 4 nitrogen and oxygen atoms in total. The molecule has 2 aromatic carbocycles. The van der Waals surface area contributed by atoms with E-state index in [9.17, 15) is 9.18 Å². The van der Waals surface area contributed by atoms with Gasteiger partial charge in [0.15, 0.2) is 5.82 Å². The summed E-state index contributed by atoms with van der Waals surface area (Å²) in [6.45, 7) is 3.88. The standard InChI is InChI=1S/C21H18FN3O/c1-14(2)12-18-20(25-21(26)16-6-4-3-5-7-16)23-13-19(24-18)15-8-10-17(22)11-9-15/h3-13H,1-2H3,(H,23,25,26). The predicted octanol–water partition coefficient (Wildman–Crippen LogP) is 4.96. The van der Waals surface area contributed by atoms with E-state index in [1.54, 1.807) is 42.6 Å². The van der Waals surface area contributed by atoms with E-state index in [-0.39, 0.29) is 11.7 Å². The third kappa shape index (κ3) is 4.19. The maximum Gasteiger partial charge on any atom is 0.256 e. The van der Waals surface area contributed by atoms with Gasteiger partial charge in [0.25, 0.3) is 5.91 Å². The van der Waals surface area contributed by atoms with Crippen LogP contribution >= 0.6 is 0 Å². The highest BCUT2D eigenvalue weighted by molar-refractivity contribution is 6.04. The number of nitrogens with one attached hydrogen (secondary N) is 1. The summed E-state index contributed by atoms with van der Waals surface area (Å²) in [6.07, 6.45) is 3.41. The van der Waals surface area contributed by atoms with E-state index in [0.29, 0.717) is 22.8 Å². The first-order chi connectivity index (χ1) is 12.5. The lowest BCUT2D eigenvalue weighted by atomic mass is 10.1. The van der Waals surface area contributed by atoms with Crippen molar-refractivity contribution in [1.29, 1.82) is 0 Å². The second-order valence-corrected chi connectivity index (χ2v) is 6.04. The summed E-state index contributed by atoms with van der Waals surface area (Å²) < 4.78 is 13.1. The molecule has 1 heterocycles. The van der Waals surface area contributed by atoms with Crippen molar-refractivity contribution in [3.8, 4) is 11.3 Å². The van der Waals surface area contributed by atoms with E-state index in [1.807, 2.05) is 26.0 Å². The van der Waals surface area contributed by atoms with Crippen molar-refractivity contribution >= 4 is 17.8 Å². The van der Waals surface area contributed by atoms with E-state index >= 15 is 0 Å². The number of amides is 1. The summed E-state index contributed by atoms with van der Waals surface area (Å²) in [5.74, 6) is -0.179. The van der Waals surface area contributed by atoms with Crippen LogP contribution in [0.1, 0.15) is 29.9 Å². The van der Waals surface area contributed by atoms with Crippen LogP contribution < -0.4 is 5.32 Å². The Balaban J connectivity index is 1.96. The molecule has 1 aromatic heterocycles. The molecule has 130 valence electrons. The molecule has 0 aliphatic carbocycles. The molecule has 0 unspecified atom stereocenters. The van der Waals surface area contributed by atoms with Crippen LogP contribution in [-0.2, 0) is 0 Å². The molecule has 3 rings (SSSR count). The number of hydrogen-bond donors (Lipinski definition) is 1. The first-order valence-corrected chi connectivity index (χ1v) is 8.17. The van der Waals surface area contributed by atoms with Gasteiger partial charge in [0, 0.05) is 11.1 Å². The number of rotatable bonds is 4. The molecule has 0 fully saturated rings. The Kier molecular flexibility index (Phi) is 5.17.